The summed E-state index contributed by atoms with van der Waals surface area (Å²) in [5.41, 5.74) is 8.09. The van der Waals surface area contributed by atoms with Crippen LogP contribution in [0.5, 0.6) is 11.5 Å². The monoisotopic (exact) mass is 341 g/mol. The SMILES string of the molecule is Cc1cc(Oc2ccc(CN)c3ccccc23)ccc1Br. The number of nitrogens with two attached hydrogens (primary N) is 1. The lowest BCUT2D eigenvalue weighted by Gasteiger charge is -2.12. The van der Waals surface area contributed by atoms with Crippen molar-refractivity contribution in [3.05, 3.63) is 70.2 Å². The molecule has 0 bridgehead atoms. The lowest BCUT2D eigenvalue weighted by Crippen LogP contribution is -1.98. The number of fused-ring (bicyclic) bond motifs is 1. The second-order valence-electron chi connectivity index (χ2n) is 4.99. The van der Waals surface area contributed by atoms with E-state index in [1.54, 1.807) is 0 Å². The molecule has 0 aromatic heterocycles. The van der Waals surface area contributed by atoms with Crippen LogP contribution in [-0.4, -0.2) is 0 Å². The highest BCUT2D eigenvalue weighted by molar-refractivity contribution is 9.10. The fourth-order valence-corrected chi connectivity index (χ4v) is 2.66. The second kappa shape index (κ2) is 5.88. The van der Waals surface area contributed by atoms with Crippen LogP contribution in [0.1, 0.15) is 11.1 Å². The Labute approximate surface area is 132 Å². The van der Waals surface area contributed by atoms with Crippen LogP contribution in [0, 0.1) is 6.92 Å². The van der Waals surface area contributed by atoms with Gasteiger partial charge in [-0.1, -0.05) is 46.3 Å². The number of ether oxygens (including phenoxy) is 1. The van der Waals surface area contributed by atoms with E-state index in [0.29, 0.717) is 6.54 Å². The Kier molecular flexibility index (Phi) is 3.95. The minimum absolute atomic E-state index is 0.526. The Hall–Kier alpha value is -1.84. The Balaban J connectivity index is 2.06. The minimum Gasteiger partial charge on any atom is -0.457 e. The molecular weight excluding hydrogens is 326 g/mol. The highest BCUT2D eigenvalue weighted by atomic mass is 79.9. The predicted molar refractivity (Wildman–Crippen MR) is 90.8 cm³/mol. The van der Waals surface area contributed by atoms with Crippen LogP contribution in [0.15, 0.2) is 59.1 Å². The van der Waals surface area contributed by atoms with Crippen molar-refractivity contribution in [2.45, 2.75) is 13.5 Å². The maximum Gasteiger partial charge on any atom is 0.135 e. The zero-order valence-corrected chi connectivity index (χ0v) is 13.4. The Morgan fingerprint density at radius 2 is 1.76 bits per heavy atom. The van der Waals surface area contributed by atoms with Gasteiger partial charge in [0.1, 0.15) is 11.5 Å². The highest BCUT2D eigenvalue weighted by Crippen LogP contribution is 2.33. The molecule has 3 aromatic carbocycles. The molecule has 0 fully saturated rings. The first-order valence-electron chi connectivity index (χ1n) is 6.84. The lowest BCUT2D eigenvalue weighted by atomic mass is 10.0. The topological polar surface area (TPSA) is 35.2 Å². The van der Waals surface area contributed by atoms with Gasteiger partial charge in [-0.15, -0.1) is 0 Å². The first-order chi connectivity index (χ1) is 10.2. The third-order valence-corrected chi connectivity index (χ3v) is 4.44. The van der Waals surface area contributed by atoms with Crippen LogP contribution in [-0.2, 0) is 6.54 Å². The fourth-order valence-electron chi connectivity index (χ4n) is 2.41. The summed E-state index contributed by atoms with van der Waals surface area (Å²) in [6, 6.07) is 18.2. The molecule has 106 valence electrons. The van der Waals surface area contributed by atoms with Crippen molar-refractivity contribution in [3.8, 4) is 11.5 Å². The number of rotatable bonds is 3. The quantitative estimate of drug-likeness (QED) is 0.713. The molecule has 21 heavy (non-hydrogen) atoms. The zero-order valence-electron chi connectivity index (χ0n) is 11.8. The Bertz CT molecular complexity index is 798. The molecule has 0 amide bonds. The van der Waals surface area contributed by atoms with E-state index in [0.717, 1.165) is 37.9 Å². The molecule has 0 aliphatic heterocycles. The van der Waals surface area contributed by atoms with Crippen molar-refractivity contribution in [1.82, 2.24) is 0 Å². The molecule has 0 heterocycles. The van der Waals surface area contributed by atoms with Crippen molar-refractivity contribution < 1.29 is 4.74 Å². The molecule has 2 nitrogen and oxygen atoms in total. The van der Waals surface area contributed by atoms with Gasteiger partial charge in [0.05, 0.1) is 0 Å². The zero-order chi connectivity index (χ0) is 14.8. The average Bonchev–Trinajstić information content (AvgIpc) is 2.51. The summed E-state index contributed by atoms with van der Waals surface area (Å²) in [7, 11) is 0. The van der Waals surface area contributed by atoms with Crippen LogP contribution in [0.4, 0.5) is 0 Å². The van der Waals surface area contributed by atoms with Crippen LogP contribution < -0.4 is 10.5 Å². The molecule has 3 aromatic rings. The van der Waals surface area contributed by atoms with Gasteiger partial charge in [0.25, 0.3) is 0 Å². The van der Waals surface area contributed by atoms with Crippen LogP contribution in [0.25, 0.3) is 10.8 Å². The fraction of sp³-hybridized carbons (Fsp3) is 0.111. The summed E-state index contributed by atoms with van der Waals surface area (Å²) in [6.07, 6.45) is 0. The molecule has 0 saturated carbocycles. The van der Waals surface area contributed by atoms with Gasteiger partial charge in [-0.25, -0.2) is 0 Å². The van der Waals surface area contributed by atoms with Crippen molar-refractivity contribution in [3.63, 3.8) is 0 Å². The predicted octanol–water partition coefficient (Wildman–Crippen LogP) is 5.16. The molecule has 0 atom stereocenters. The molecule has 0 aliphatic rings. The van der Waals surface area contributed by atoms with Gasteiger partial charge in [-0.05, 0) is 47.7 Å². The second-order valence-corrected chi connectivity index (χ2v) is 5.84. The van der Waals surface area contributed by atoms with E-state index in [9.17, 15) is 0 Å². The van der Waals surface area contributed by atoms with E-state index >= 15 is 0 Å². The maximum atomic E-state index is 6.07. The first-order valence-corrected chi connectivity index (χ1v) is 7.63. The van der Waals surface area contributed by atoms with Gasteiger partial charge < -0.3 is 10.5 Å². The van der Waals surface area contributed by atoms with Gasteiger partial charge in [0.2, 0.25) is 0 Å². The van der Waals surface area contributed by atoms with E-state index in [1.165, 1.54) is 0 Å². The Morgan fingerprint density at radius 1 is 1.00 bits per heavy atom. The Morgan fingerprint density at radius 3 is 2.48 bits per heavy atom. The molecule has 0 spiro atoms. The summed E-state index contributed by atoms with van der Waals surface area (Å²) in [5, 5.41) is 2.23. The van der Waals surface area contributed by atoms with Crippen LogP contribution in [0.2, 0.25) is 0 Å². The first kappa shape index (κ1) is 14.1. The molecule has 0 radical (unpaired) electrons. The van der Waals surface area contributed by atoms with Gasteiger partial charge in [-0.2, -0.15) is 0 Å². The van der Waals surface area contributed by atoms with Crippen LogP contribution in [0.3, 0.4) is 0 Å². The third kappa shape index (κ3) is 2.80. The summed E-state index contributed by atoms with van der Waals surface area (Å²) in [4.78, 5) is 0. The van der Waals surface area contributed by atoms with Gasteiger partial charge in [0.15, 0.2) is 0 Å². The normalized spacial score (nSPS) is 10.8. The average molecular weight is 342 g/mol. The minimum atomic E-state index is 0.526. The largest absolute Gasteiger partial charge is 0.457 e. The van der Waals surface area contributed by atoms with Gasteiger partial charge >= 0.3 is 0 Å². The van der Waals surface area contributed by atoms with E-state index < -0.39 is 0 Å². The summed E-state index contributed by atoms with van der Waals surface area (Å²) >= 11 is 3.50. The number of halogens is 1. The van der Waals surface area contributed by atoms with Crippen LogP contribution >= 0.6 is 15.9 Å². The molecular formula is C18H16BrNO. The maximum absolute atomic E-state index is 6.07. The van der Waals surface area contributed by atoms with Crippen molar-refractivity contribution in [1.29, 1.82) is 0 Å². The van der Waals surface area contributed by atoms with Crippen molar-refractivity contribution in [2.24, 2.45) is 5.73 Å². The van der Waals surface area contributed by atoms with E-state index in [4.69, 9.17) is 10.5 Å². The molecule has 2 N–H and O–H groups in total. The van der Waals surface area contributed by atoms with E-state index in [1.807, 2.05) is 49.4 Å². The standard InChI is InChI=1S/C18H16BrNO/c1-12-10-14(7-8-17(12)19)21-18-9-6-13(11-20)15-4-2-3-5-16(15)18/h2-10H,11,20H2,1H3. The number of benzene rings is 3. The lowest BCUT2D eigenvalue weighted by molar-refractivity contribution is 0.487. The van der Waals surface area contributed by atoms with Gasteiger partial charge in [0, 0.05) is 16.4 Å². The van der Waals surface area contributed by atoms with Crippen molar-refractivity contribution in [2.75, 3.05) is 0 Å². The van der Waals surface area contributed by atoms with Gasteiger partial charge in [-0.3, -0.25) is 0 Å². The summed E-state index contributed by atoms with van der Waals surface area (Å²) in [5.74, 6) is 1.69. The molecule has 0 saturated heterocycles. The molecule has 3 rings (SSSR count). The summed E-state index contributed by atoms with van der Waals surface area (Å²) in [6.45, 7) is 2.57. The van der Waals surface area contributed by atoms with Crippen molar-refractivity contribution >= 4 is 26.7 Å². The highest BCUT2D eigenvalue weighted by Gasteiger charge is 2.07. The molecule has 3 heteroatoms. The summed E-state index contributed by atoms with van der Waals surface area (Å²) < 4.78 is 7.15. The van der Waals surface area contributed by atoms with E-state index in [-0.39, 0.29) is 0 Å². The number of aryl methyl sites for hydroxylation is 1. The number of hydrogen-bond acceptors (Lipinski definition) is 2. The molecule has 0 aliphatic carbocycles. The van der Waals surface area contributed by atoms with E-state index in [2.05, 4.69) is 28.1 Å². The third-order valence-electron chi connectivity index (χ3n) is 3.55. The number of hydrogen-bond donors (Lipinski definition) is 1. The molecule has 0 unspecified atom stereocenters. The smallest absolute Gasteiger partial charge is 0.135 e.